The normalized spacial score (nSPS) is 10.7. The molecule has 1 heterocycles. The molecule has 9 heteroatoms. The average Bonchev–Trinajstić information content (AvgIpc) is 3.10. The number of anilines is 2. The monoisotopic (exact) mass is 453 g/mol. The van der Waals surface area contributed by atoms with Crippen molar-refractivity contribution in [1.82, 2.24) is 15.1 Å². The van der Waals surface area contributed by atoms with E-state index in [1.54, 1.807) is 36.4 Å². The summed E-state index contributed by atoms with van der Waals surface area (Å²) in [5.41, 5.74) is 8.95. The van der Waals surface area contributed by atoms with Crippen molar-refractivity contribution < 1.29 is 13.6 Å². The topological polar surface area (TPSA) is 85.0 Å². The molecule has 0 saturated heterocycles. The number of amides is 2. The SMILES string of the molecule is Nc1c(NC(=O)NCc2ccc(F)cc2)c(-c2ccc(Cl)cc2)nn1-c1ccc(F)cc1. The van der Waals surface area contributed by atoms with Gasteiger partial charge in [0.15, 0.2) is 5.82 Å². The Kier molecular flexibility index (Phi) is 6.04. The first-order valence-electron chi connectivity index (χ1n) is 9.60. The lowest BCUT2D eigenvalue weighted by Crippen LogP contribution is -2.28. The molecule has 0 aliphatic heterocycles. The third-order valence-corrected chi connectivity index (χ3v) is 4.97. The predicted molar refractivity (Wildman–Crippen MR) is 121 cm³/mol. The van der Waals surface area contributed by atoms with Crippen molar-refractivity contribution in [3.8, 4) is 16.9 Å². The van der Waals surface area contributed by atoms with Gasteiger partial charge in [-0.05, 0) is 54.1 Å². The largest absolute Gasteiger partial charge is 0.382 e. The van der Waals surface area contributed by atoms with E-state index in [0.29, 0.717) is 22.0 Å². The van der Waals surface area contributed by atoms with E-state index in [-0.39, 0.29) is 23.9 Å². The zero-order valence-corrected chi connectivity index (χ0v) is 17.4. The first kappa shape index (κ1) is 21.3. The summed E-state index contributed by atoms with van der Waals surface area (Å²) in [7, 11) is 0. The first-order chi connectivity index (χ1) is 15.4. The zero-order valence-electron chi connectivity index (χ0n) is 16.6. The maximum Gasteiger partial charge on any atom is 0.319 e. The number of nitrogen functional groups attached to an aromatic ring is 1. The van der Waals surface area contributed by atoms with Crippen LogP contribution in [-0.2, 0) is 6.54 Å². The fourth-order valence-corrected chi connectivity index (χ4v) is 3.21. The van der Waals surface area contributed by atoms with E-state index in [1.807, 2.05) is 0 Å². The van der Waals surface area contributed by atoms with Crippen molar-refractivity contribution in [2.45, 2.75) is 6.54 Å². The molecule has 4 aromatic rings. The van der Waals surface area contributed by atoms with Crippen LogP contribution in [0.3, 0.4) is 0 Å². The van der Waals surface area contributed by atoms with Crippen molar-refractivity contribution >= 4 is 29.1 Å². The number of nitrogens with two attached hydrogens (primary N) is 1. The molecule has 4 N–H and O–H groups in total. The maximum absolute atomic E-state index is 13.3. The number of halogens is 3. The highest BCUT2D eigenvalue weighted by Crippen LogP contribution is 2.34. The van der Waals surface area contributed by atoms with Crippen LogP contribution in [-0.4, -0.2) is 15.8 Å². The number of aromatic nitrogens is 2. The van der Waals surface area contributed by atoms with Crippen LogP contribution < -0.4 is 16.4 Å². The summed E-state index contributed by atoms with van der Waals surface area (Å²) in [4.78, 5) is 12.6. The van der Waals surface area contributed by atoms with Gasteiger partial charge < -0.3 is 16.4 Å². The van der Waals surface area contributed by atoms with Crippen LogP contribution in [0.15, 0.2) is 72.8 Å². The number of carbonyl (C=O) groups excluding carboxylic acids is 1. The van der Waals surface area contributed by atoms with Gasteiger partial charge in [0.25, 0.3) is 0 Å². The summed E-state index contributed by atoms with van der Waals surface area (Å²) in [5, 5.41) is 10.5. The summed E-state index contributed by atoms with van der Waals surface area (Å²) in [6, 6.07) is 17.8. The van der Waals surface area contributed by atoms with Crippen LogP contribution in [0, 0.1) is 11.6 Å². The Morgan fingerprint density at radius 2 is 1.53 bits per heavy atom. The quantitative estimate of drug-likeness (QED) is 0.379. The molecule has 0 saturated carbocycles. The van der Waals surface area contributed by atoms with E-state index in [1.165, 1.54) is 41.1 Å². The molecule has 0 aliphatic rings. The Hall–Kier alpha value is -3.91. The molecule has 3 aromatic carbocycles. The van der Waals surface area contributed by atoms with Crippen molar-refractivity contribution in [2.75, 3.05) is 11.1 Å². The lowest BCUT2D eigenvalue weighted by atomic mass is 10.1. The Morgan fingerprint density at radius 1 is 0.938 bits per heavy atom. The second-order valence-electron chi connectivity index (χ2n) is 6.94. The number of urea groups is 1. The van der Waals surface area contributed by atoms with E-state index >= 15 is 0 Å². The molecule has 0 radical (unpaired) electrons. The molecule has 0 unspecified atom stereocenters. The lowest BCUT2D eigenvalue weighted by Gasteiger charge is -2.09. The van der Waals surface area contributed by atoms with E-state index in [0.717, 1.165) is 5.56 Å². The number of carbonyl (C=O) groups is 1. The molecular formula is C23H18ClF2N5O. The molecule has 32 heavy (non-hydrogen) atoms. The maximum atomic E-state index is 13.3. The second kappa shape index (κ2) is 9.07. The minimum atomic E-state index is -0.519. The minimum absolute atomic E-state index is 0.165. The number of nitrogens with one attached hydrogen (secondary N) is 2. The molecule has 6 nitrogen and oxygen atoms in total. The highest BCUT2D eigenvalue weighted by Gasteiger charge is 2.20. The molecule has 2 amide bonds. The predicted octanol–water partition coefficient (Wildman–Crippen LogP) is 5.37. The van der Waals surface area contributed by atoms with Crippen LogP contribution >= 0.6 is 11.6 Å². The standard InChI is InChI=1S/C23H18ClF2N5O/c24-16-5-3-15(4-6-16)20-21(22(27)31(30-20)19-11-9-18(26)10-12-19)29-23(32)28-13-14-1-7-17(25)8-2-14/h1-12H,13,27H2,(H2,28,29,32). The van der Waals surface area contributed by atoms with Gasteiger partial charge >= 0.3 is 6.03 Å². The van der Waals surface area contributed by atoms with E-state index in [2.05, 4.69) is 15.7 Å². The Morgan fingerprint density at radius 3 is 2.16 bits per heavy atom. The molecule has 0 fully saturated rings. The van der Waals surface area contributed by atoms with Gasteiger partial charge in [-0.2, -0.15) is 5.10 Å². The summed E-state index contributed by atoms with van der Waals surface area (Å²) in [5.74, 6) is -0.582. The van der Waals surface area contributed by atoms with E-state index in [4.69, 9.17) is 17.3 Å². The molecule has 0 bridgehead atoms. The van der Waals surface area contributed by atoms with Crippen molar-refractivity contribution in [1.29, 1.82) is 0 Å². The van der Waals surface area contributed by atoms with Crippen LogP contribution in [0.5, 0.6) is 0 Å². The smallest absolute Gasteiger partial charge is 0.319 e. The highest BCUT2D eigenvalue weighted by atomic mass is 35.5. The third-order valence-electron chi connectivity index (χ3n) is 4.71. The lowest BCUT2D eigenvalue weighted by molar-refractivity contribution is 0.252. The van der Waals surface area contributed by atoms with E-state index in [9.17, 15) is 13.6 Å². The Balaban J connectivity index is 1.64. The van der Waals surface area contributed by atoms with Gasteiger partial charge in [-0.25, -0.2) is 18.3 Å². The van der Waals surface area contributed by atoms with Crippen molar-refractivity contribution in [3.05, 3.63) is 95.0 Å². The third kappa shape index (κ3) is 4.70. The fraction of sp³-hybridized carbons (Fsp3) is 0.0435. The van der Waals surface area contributed by atoms with Crippen LogP contribution in [0.2, 0.25) is 5.02 Å². The molecule has 4 rings (SSSR count). The summed E-state index contributed by atoms with van der Waals surface area (Å²) in [6.07, 6.45) is 0. The van der Waals surface area contributed by atoms with Gasteiger partial charge in [0.2, 0.25) is 0 Å². The minimum Gasteiger partial charge on any atom is -0.382 e. The van der Waals surface area contributed by atoms with Gasteiger partial charge in [0.1, 0.15) is 23.0 Å². The molecule has 0 atom stereocenters. The number of benzene rings is 3. The van der Waals surface area contributed by atoms with Crippen LogP contribution in [0.25, 0.3) is 16.9 Å². The van der Waals surface area contributed by atoms with Gasteiger partial charge in [-0.15, -0.1) is 0 Å². The highest BCUT2D eigenvalue weighted by molar-refractivity contribution is 6.30. The zero-order chi connectivity index (χ0) is 22.7. The van der Waals surface area contributed by atoms with Gasteiger partial charge in [-0.1, -0.05) is 35.9 Å². The summed E-state index contributed by atoms with van der Waals surface area (Å²) < 4.78 is 27.8. The molecule has 0 aliphatic carbocycles. The number of hydrogen-bond acceptors (Lipinski definition) is 3. The van der Waals surface area contributed by atoms with Crippen molar-refractivity contribution in [3.63, 3.8) is 0 Å². The second-order valence-corrected chi connectivity index (χ2v) is 7.37. The fourth-order valence-electron chi connectivity index (χ4n) is 3.09. The molecule has 1 aromatic heterocycles. The Bertz CT molecular complexity index is 1240. The van der Waals surface area contributed by atoms with Gasteiger partial charge in [0.05, 0.1) is 5.69 Å². The molecule has 0 spiro atoms. The van der Waals surface area contributed by atoms with Gasteiger partial charge in [-0.3, -0.25) is 0 Å². The number of hydrogen-bond donors (Lipinski definition) is 3. The van der Waals surface area contributed by atoms with Crippen LogP contribution in [0.4, 0.5) is 25.1 Å². The van der Waals surface area contributed by atoms with Gasteiger partial charge in [0, 0.05) is 17.1 Å². The average molecular weight is 454 g/mol. The summed E-state index contributed by atoms with van der Waals surface area (Å²) in [6.45, 7) is 0.189. The number of nitrogens with zero attached hydrogens (tertiary/aromatic N) is 2. The van der Waals surface area contributed by atoms with E-state index < -0.39 is 11.8 Å². The molecule has 162 valence electrons. The molecular weight excluding hydrogens is 436 g/mol. The van der Waals surface area contributed by atoms with Crippen molar-refractivity contribution in [2.24, 2.45) is 0 Å². The number of rotatable bonds is 5. The summed E-state index contributed by atoms with van der Waals surface area (Å²) >= 11 is 5.99. The first-order valence-corrected chi connectivity index (χ1v) is 9.98. The Labute approximate surface area is 187 Å². The van der Waals surface area contributed by atoms with Crippen LogP contribution in [0.1, 0.15) is 5.56 Å².